The molecule has 0 fully saturated rings. The van der Waals surface area contributed by atoms with Crippen LogP contribution in [0.5, 0.6) is 0 Å². The Hall–Kier alpha value is -2.86. The average Bonchev–Trinajstić information content (AvgIpc) is 3.17. The van der Waals surface area contributed by atoms with Gasteiger partial charge in [-0.2, -0.15) is 4.68 Å². The summed E-state index contributed by atoms with van der Waals surface area (Å²) in [4.78, 5) is 20.1. The Morgan fingerprint density at radius 2 is 1.92 bits per heavy atom. The van der Waals surface area contributed by atoms with Crippen LogP contribution in [-0.2, 0) is 12.8 Å². The summed E-state index contributed by atoms with van der Waals surface area (Å²) in [5, 5.41) is 3.53. The molecule has 0 bridgehead atoms. The molecule has 5 nitrogen and oxygen atoms in total. The van der Waals surface area contributed by atoms with E-state index in [1.54, 1.807) is 36.5 Å². The molecule has 2 heterocycles. The predicted molar refractivity (Wildman–Crippen MR) is 94.9 cm³/mol. The zero-order valence-corrected chi connectivity index (χ0v) is 13.8. The van der Waals surface area contributed by atoms with Gasteiger partial charge in [0, 0.05) is 16.8 Å². The van der Waals surface area contributed by atoms with Gasteiger partial charge in [0.25, 0.3) is 5.56 Å². The Kier molecular flexibility index (Phi) is 3.89. The van der Waals surface area contributed by atoms with E-state index in [1.807, 2.05) is 0 Å². The third-order valence-electron chi connectivity index (χ3n) is 4.09. The van der Waals surface area contributed by atoms with Gasteiger partial charge in [0.05, 0.1) is 11.0 Å². The van der Waals surface area contributed by atoms with Crippen LogP contribution in [0.3, 0.4) is 0 Å². The quantitative estimate of drug-likeness (QED) is 0.586. The highest BCUT2D eigenvalue weighted by Crippen LogP contribution is 2.18. The molecule has 126 valence electrons. The Morgan fingerprint density at radius 1 is 1.12 bits per heavy atom. The van der Waals surface area contributed by atoms with Gasteiger partial charge < -0.3 is 4.98 Å². The molecule has 0 radical (unpaired) electrons. The van der Waals surface area contributed by atoms with Gasteiger partial charge in [-0.3, -0.25) is 9.89 Å². The van der Waals surface area contributed by atoms with E-state index in [1.165, 1.54) is 16.8 Å². The summed E-state index contributed by atoms with van der Waals surface area (Å²) < 4.78 is 14.3. The minimum atomic E-state index is -0.266. The van der Waals surface area contributed by atoms with Gasteiger partial charge in [-0.05, 0) is 48.7 Å². The Morgan fingerprint density at radius 3 is 2.72 bits per heavy atom. The van der Waals surface area contributed by atoms with Crippen molar-refractivity contribution in [2.75, 3.05) is 0 Å². The number of fused-ring (bicyclic) bond motifs is 1. The first-order valence-corrected chi connectivity index (χ1v) is 8.17. The lowest BCUT2D eigenvalue weighted by atomic mass is 10.1. The van der Waals surface area contributed by atoms with Crippen molar-refractivity contribution in [3.8, 4) is 5.95 Å². The van der Waals surface area contributed by atoms with Crippen LogP contribution in [0.15, 0.2) is 53.5 Å². The number of hydrogen-bond donors (Lipinski definition) is 2. The van der Waals surface area contributed by atoms with E-state index >= 15 is 0 Å². The van der Waals surface area contributed by atoms with Crippen LogP contribution in [0.25, 0.3) is 17.0 Å². The van der Waals surface area contributed by atoms with E-state index in [0.29, 0.717) is 29.4 Å². The average molecular weight is 357 g/mol. The summed E-state index contributed by atoms with van der Waals surface area (Å²) in [7, 11) is 0. The number of nitrogens with one attached hydrogen (secondary N) is 2. The molecule has 0 aliphatic rings. The van der Waals surface area contributed by atoms with Crippen LogP contribution in [0.4, 0.5) is 4.39 Å². The Balaban J connectivity index is 1.59. The summed E-state index contributed by atoms with van der Waals surface area (Å²) in [6, 6.07) is 11.6. The van der Waals surface area contributed by atoms with E-state index in [2.05, 4.69) is 15.1 Å². The number of benzene rings is 2. The first-order valence-electron chi connectivity index (χ1n) is 7.79. The zero-order valence-electron chi connectivity index (χ0n) is 13.1. The lowest BCUT2D eigenvalue weighted by Crippen LogP contribution is -2.18. The van der Waals surface area contributed by atoms with Crippen molar-refractivity contribution in [3.05, 3.63) is 81.0 Å². The second-order valence-corrected chi connectivity index (χ2v) is 6.22. The number of H-pyrrole nitrogens is 2. The van der Waals surface area contributed by atoms with Gasteiger partial charge in [0.15, 0.2) is 0 Å². The minimum absolute atomic E-state index is 0.160. The van der Waals surface area contributed by atoms with Gasteiger partial charge in [0.2, 0.25) is 5.95 Å². The van der Waals surface area contributed by atoms with Crippen molar-refractivity contribution in [3.63, 3.8) is 0 Å². The van der Waals surface area contributed by atoms with E-state index in [-0.39, 0.29) is 11.4 Å². The number of imidazole rings is 1. The highest BCUT2D eigenvalue weighted by atomic mass is 35.5. The van der Waals surface area contributed by atoms with Gasteiger partial charge in [-0.25, -0.2) is 9.37 Å². The molecule has 4 rings (SSSR count). The first kappa shape index (κ1) is 15.7. The molecule has 0 aliphatic carbocycles. The van der Waals surface area contributed by atoms with Crippen LogP contribution < -0.4 is 5.56 Å². The number of hydrogen-bond acceptors (Lipinski definition) is 2. The summed E-state index contributed by atoms with van der Waals surface area (Å²) in [6.45, 7) is 0. The molecule has 2 N–H and O–H groups in total. The van der Waals surface area contributed by atoms with Crippen molar-refractivity contribution >= 4 is 22.6 Å². The minimum Gasteiger partial charge on any atom is -0.322 e. The largest absolute Gasteiger partial charge is 0.322 e. The van der Waals surface area contributed by atoms with Crippen molar-refractivity contribution in [2.45, 2.75) is 12.8 Å². The molecule has 0 saturated carbocycles. The normalized spacial score (nSPS) is 11.3. The molecular formula is C18H14ClFN4O. The van der Waals surface area contributed by atoms with E-state index in [4.69, 9.17) is 11.6 Å². The lowest BCUT2D eigenvalue weighted by molar-refractivity contribution is 0.627. The van der Waals surface area contributed by atoms with Crippen molar-refractivity contribution in [1.82, 2.24) is 19.7 Å². The zero-order chi connectivity index (χ0) is 17.4. The SMILES string of the molecule is O=c1c(CCc2ccc(F)cc2)c[nH]n1-c1nc2ccc(Cl)cc2[nH]1. The monoisotopic (exact) mass is 356 g/mol. The maximum Gasteiger partial charge on any atom is 0.277 e. The number of nitrogens with zero attached hydrogens (tertiary/aromatic N) is 2. The number of aromatic nitrogens is 4. The molecule has 0 spiro atoms. The summed E-state index contributed by atoms with van der Waals surface area (Å²) in [5.74, 6) is 0.146. The molecule has 25 heavy (non-hydrogen) atoms. The van der Waals surface area contributed by atoms with Crippen LogP contribution >= 0.6 is 11.6 Å². The predicted octanol–water partition coefficient (Wildman–Crippen LogP) is 3.62. The van der Waals surface area contributed by atoms with Gasteiger partial charge in [-0.1, -0.05) is 23.7 Å². The van der Waals surface area contributed by atoms with Crippen molar-refractivity contribution in [1.29, 1.82) is 0 Å². The maximum atomic E-state index is 12.9. The van der Waals surface area contributed by atoms with E-state index in [9.17, 15) is 9.18 Å². The molecule has 2 aromatic carbocycles. The molecule has 7 heteroatoms. The number of halogens is 2. The smallest absolute Gasteiger partial charge is 0.277 e. The molecule has 0 saturated heterocycles. The summed E-state index contributed by atoms with van der Waals surface area (Å²) in [5.41, 5.74) is 2.95. The van der Waals surface area contributed by atoms with Crippen LogP contribution in [-0.4, -0.2) is 19.7 Å². The van der Waals surface area contributed by atoms with Crippen LogP contribution in [0.2, 0.25) is 5.02 Å². The highest BCUT2D eigenvalue weighted by molar-refractivity contribution is 6.31. The molecule has 0 aliphatic heterocycles. The number of rotatable bonds is 4. The fourth-order valence-corrected chi connectivity index (χ4v) is 2.92. The van der Waals surface area contributed by atoms with Crippen molar-refractivity contribution in [2.24, 2.45) is 0 Å². The lowest BCUT2D eigenvalue weighted by Gasteiger charge is -1.99. The standard InChI is InChI=1S/C18H14ClFN4O/c19-13-5-8-15-16(9-13)23-18(22-15)24-17(25)12(10-21-24)4-1-11-2-6-14(20)7-3-11/h2-3,5-10,21H,1,4H2,(H,22,23). The fourth-order valence-electron chi connectivity index (χ4n) is 2.75. The first-order chi connectivity index (χ1) is 12.1. The second kappa shape index (κ2) is 6.22. The summed E-state index contributed by atoms with van der Waals surface area (Å²) in [6.07, 6.45) is 2.88. The topological polar surface area (TPSA) is 66.5 Å². The van der Waals surface area contributed by atoms with Crippen molar-refractivity contribution < 1.29 is 4.39 Å². The summed E-state index contributed by atoms with van der Waals surface area (Å²) >= 11 is 5.97. The van der Waals surface area contributed by atoms with E-state index in [0.717, 1.165) is 16.6 Å². The van der Waals surface area contributed by atoms with Crippen LogP contribution in [0.1, 0.15) is 11.1 Å². The van der Waals surface area contributed by atoms with Gasteiger partial charge >= 0.3 is 0 Å². The Bertz CT molecular complexity index is 1090. The van der Waals surface area contributed by atoms with Crippen LogP contribution in [0, 0.1) is 5.82 Å². The van der Waals surface area contributed by atoms with Gasteiger partial charge in [0.1, 0.15) is 5.82 Å². The van der Waals surface area contributed by atoms with Gasteiger partial charge in [-0.15, -0.1) is 0 Å². The molecular weight excluding hydrogens is 343 g/mol. The molecule has 0 atom stereocenters. The molecule has 2 aromatic heterocycles. The Labute approximate surface area is 147 Å². The third kappa shape index (κ3) is 3.08. The molecule has 0 amide bonds. The molecule has 0 unspecified atom stereocenters. The number of aromatic amines is 2. The third-order valence-corrected chi connectivity index (χ3v) is 4.32. The van der Waals surface area contributed by atoms with E-state index < -0.39 is 0 Å². The highest BCUT2D eigenvalue weighted by Gasteiger charge is 2.12. The molecule has 4 aromatic rings. The second-order valence-electron chi connectivity index (χ2n) is 5.79. The maximum absolute atomic E-state index is 12.9. The number of aryl methyl sites for hydroxylation is 2. The fraction of sp³-hybridized carbons (Fsp3) is 0.111.